The number of amides is 1. The van der Waals surface area contributed by atoms with Crippen LogP contribution < -0.4 is 20.3 Å². The summed E-state index contributed by atoms with van der Waals surface area (Å²) in [5, 5.41) is 6.15. The molecule has 1 heterocycles. The highest BCUT2D eigenvalue weighted by atomic mass is 16.5. The Hall–Kier alpha value is -3.61. The van der Waals surface area contributed by atoms with Gasteiger partial charge in [0, 0.05) is 41.8 Å². The molecule has 0 atom stereocenters. The summed E-state index contributed by atoms with van der Waals surface area (Å²) in [6, 6.07) is 16.5. The van der Waals surface area contributed by atoms with Crippen LogP contribution >= 0.6 is 0 Å². The van der Waals surface area contributed by atoms with E-state index in [1.54, 1.807) is 24.3 Å². The van der Waals surface area contributed by atoms with Crippen molar-refractivity contribution in [1.29, 1.82) is 0 Å². The van der Waals surface area contributed by atoms with Gasteiger partial charge in [-0.15, -0.1) is 0 Å². The lowest BCUT2D eigenvalue weighted by molar-refractivity contribution is 0.102. The molecule has 0 radical (unpaired) electrons. The number of aromatic nitrogens is 2. The van der Waals surface area contributed by atoms with E-state index >= 15 is 0 Å². The number of benzene rings is 2. The SMILES string of the molecule is CCOc1ccc(C(=O)Nc2ccc(Nc3nc(C)cc(N(CC)CC)n3)cc2)cc1. The molecule has 3 aromatic rings. The number of ether oxygens (including phenoxy) is 1. The Morgan fingerprint density at radius 1 is 0.935 bits per heavy atom. The molecule has 0 unspecified atom stereocenters. The minimum Gasteiger partial charge on any atom is -0.494 e. The second kappa shape index (κ2) is 10.4. The number of rotatable bonds is 9. The summed E-state index contributed by atoms with van der Waals surface area (Å²) in [7, 11) is 0. The molecule has 0 bridgehead atoms. The Morgan fingerprint density at radius 2 is 1.58 bits per heavy atom. The zero-order chi connectivity index (χ0) is 22.2. The van der Waals surface area contributed by atoms with E-state index < -0.39 is 0 Å². The highest BCUT2D eigenvalue weighted by Crippen LogP contribution is 2.21. The van der Waals surface area contributed by atoms with Crippen molar-refractivity contribution in [2.75, 3.05) is 35.2 Å². The van der Waals surface area contributed by atoms with Gasteiger partial charge in [0.15, 0.2) is 0 Å². The molecule has 0 spiro atoms. The Bertz CT molecular complexity index is 999. The van der Waals surface area contributed by atoms with Crippen LogP contribution in [0.3, 0.4) is 0 Å². The zero-order valence-corrected chi connectivity index (χ0v) is 18.5. The van der Waals surface area contributed by atoms with Crippen molar-refractivity contribution >= 4 is 29.0 Å². The van der Waals surface area contributed by atoms with E-state index in [4.69, 9.17) is 4.74 Å². The number of carbonyl (C=O) groups is 1. The highest BCUT2D eigenvalue weighted by molar-refractivity contribution is 6.04. The first-order valence-corrected chi connectivity index (χ1v) is 10.5. The molecule has 0 saturated carbocycles. The number of hydrogen-bond donors (Lipinski definition) is 2. The first-order chi connectivity index (χ1) is 15.0. The largest absolute Gasteiger partial charge is 0.494 e. The maximum atomic E-state index is 12.5. The van der Waals surface area contributed by atoms with Crippen LogP contribution in [0, 0.1) is 6.92 Å². The lowest BCUT2D eigenvalue weighted by Gasteiger charge is -2.20. The first kappa shape index (κ1) is 22.1. The van der Waals surface area contributed by atoms with E-state index in [2.05, 4.69) is 39.3 Å². The number of aryl methyl sites for hydroxylation is 1. The minimum atomic E-state index is -0.172. The molecule has 0 fully saturated rings. The second-order valence-electron chi connectivity index (χ2n) is 6.98. The van der Waals surface area contributed by atoms with Crippen molar-refractivity contribution in [3.63, 3.8) is 0 Å². The summed E-state index contributed by atoms with van der Waals surface area (Å²) in [4.78, 5) is 23.7. The van der Waals surface area contributed by atoms with Gasteiger partial charge in [0.05, 0.1) is 6.61 Å². The van der Waals surface area contributed by atoms with Gasteiger partial charge < -0.3 is 20.3 Å². The van der Waals surface area contributed by atoms with Gasteiger partial charge in [-0.05, 0) is 76.2 Å². The van der Waals surface area contributed by atoms with Crippen LogP contribution in [0.2, 0.25) is 0 Å². The lowest BCUT2D eigenvalue weighted by Crippen LogP contribution is -2.23. The number of nitrogens with one attached hydrogen (secondary N) is 2. The molecule has 0 aliphatic carbocycles. The molecule has 2 aromatic carbocycles. The van der Waals surface area contributed by atoms with Crippen molar-refractivity contribution in [3.05, 3.63) is 65.9 Å². The number of carbonyl (C=O) groups excluding carboxylic acids is 1. The fraction of sp³-hybridized carbons (Fsp3) is 0.292. The molecule has 1 amide bonds. The summed E-state index contributed by atoms with van der Waals surface area (Å²) in [6.07, 6.45) is 0. The topological polar surface area (TPSA) is 79.4 Å². The summed E-state index contributed by atoms with van der Waals surface area (Å²) in [6.45, 7) is 10.5. The third-order valence-corrected chi connectivity index (χ3v) is 4.75. The number of nitrogens with zero attached hydrogens (tertiary/aromatic N) is 3. The van der Waals surface area contributed by atoms with E-state index in [1.165, 1.54) is 0 Å². The number of hydrogen-bond acceptors (Lipinski definition) is 6. The first-order valence-electron chi connectivity index (χ1n) is 10.5. The smallest absolute Gasteiger partial charge is 0.255 e. The average Bonchev–Trinajstić information content (AvgIpc) is 2.76. The van der Waals surface area contributed by atoms with Crippen LogP contribution in [0.25, 0.3) is 0 Å². The van der Waals surface area contributed by atoms with Gasteiger partial charge >= 0.3 is 0 Å². The summed E-state index contributed by atoms with van der Waals surface area (Å²) in [5.41, 5.74) is 3.02. The fourth-order valence-electron chi connectivity index (χ4n) is 3.16. The average molecular weight is 420 g/mol. The van der Waals surface area contributed by atoms with Crippen molar-refractivity contribution in [2.24, 2.45) is 0 Å². The maximum Gasteiger partial charge on any atom is 0.255 e. The third-order valence-electron chi connectivity index (χ3n) is 4.75. The molecule has 162 valence electrons. The molecule has 7 nitrogen and oxygen atoms in total. The quantitative estimate of drug-likeness (QED) is 0.507. The number of anilines is 4. The molecule has 7 heteroatoms. The van der Waals surface area contributed by atoms with Crippen molar-refractivity contribution in [1.82, 2.24) is 9.97 Å². The second-order valence-corrected chi connectivity index (χ2v) is 6.98. The molecule has 0 aliphatic rings. The van der Waals surface area contributed by atoms with Crippen molar-refractivity contribution < 1.29 is 9.53 Å². The molecule has 1 aromatic heterocycles. The van der Waals surface area contributed by atoms with Crippen LogP contribution in [0.15, 0.2) is 54.6 Å². The van der Waals surface area contributed by atoms with E-state index in [0.29, 0.717) is 23.8 Å². The standard InChI is InChI=1S/C24H29N5O2/c1-5-29(6-2)22-16-17(4)25-24(28-22)27-20-12-10-19(11-13-20)26-23(30)18-8-14-21(15-9-18)31-7-3/h8-16H,5-7H2,1-4H3,(H,26,30)(H,25,27,28). The van der Waals surface area contributed by atoms with Gasteiger partial charge in [0.2, 0.25) is 5.95 Å². The van der Waals surface area contributed by atoms with Crippen molar-refractivity contribution in [2.45, 2.75) is 27.7 Å². The van der Waals surface area contributed by atoms with Crippen molar-refractivity contribution in [3.8, 4) is 5.75 Å². The molecule has 3 rings (SSSR count). The molecule has 0 aliphatic heterocycles. The molecule has 2 N–H and O–H groups in total. The summed E-state index contributed by atoms with van der Waals surface area (Å²) < 4.78 is 5.41. The van der Waals surface area contributed by atoms with Gasteiger partial charge in [0.25, 0.3) is 5.91 Å². The molecular weight excluding hydrogens is 390 g/mol. The van der Waals surface area contributed by atoms with Gasteiger partial charge in [-0.3, -0.25) is 4.79 Å². The summed E-state index contributed by atoms with van der Waals surface area (Å²) >= 11 is 0. The van der Waals surface area contributed by atoms with E-state index in [-0.39, 0.29) is 5.91 Å². The van der Waals surface area contributed by atoms with Crippen LogP contribution in [0.4, 0.5) is 23.1 Å². The van der Waals surface area contributed by atoms with E-state index in [1.807, 2.05) is 44.2 Å². The monoisotopic (exact) mass is 419 g/mol. The highest BCUT2D eigenvalue weighted by Gasteiger charge is 2.09. The minimum absolute atomic E-state index is 0.172. The fourth-order valence-corrected chi connectivity index (χ4v) is 3.16. The Morgan fingerprint density at radius 3 is 2.19 bits per heavy atom. The molecule has 31 heavy (non-hydrogen) atoms. The van der Waals surface area contributed by atoms with E-state index in [9.17, 15) is 4.79 Å². The predicted octanol–water partition coefficient (Wildman–Crippen LogP) is 5.03. The lowest BCUT2D eigenvalue weighted by atomic mass is 10.2. The van der Waals surface area contributed by atoms with E-state index in [0.717, 1.165) is 36.0 Å². The molecule has 0 saturated heterocycles. The Kier molecular flexibility index (Phi) is 7.43. The maximum absolute atomic E-state index is 12.5. The van der Waals surface area contributed by atoms with Gasteiger partial charge in [0.1, 0.15) is 11.6 Å². The normalized spacial score (nSPS) is 10.5. The van der Waals surface area contributed by atoms with Gasteiger partial charge in [-0.1, -0.05) is 0 Å². The Balaban J connectivity index is 1.66. The van der Waals surface area contributed by atoms with Gasteiger partial charge in [-0.25, -0.2) is 4.98 Å². The van der Waals surface area contributed by atoms with Crippen LogP contribution in [0.1, 0.15) is 36.8 Å². The van der Waals surface area contributed by atoms with Crippen LogP contribution in [-0.4, -0.2) is 35.6 Å². The van der Waals surface area contributed by atoms with Gasteiger partial charge in [-0.2, -0.15) is 4.98 Å². The summed E-state index contributed by atoms with van der Waals surface area (Å²) in [5.74, 6) is 2.03. The molecular formula is C24H29N5O2. The third kappa shape index (κ3) is 5.94. The van der Waals surface area contributed by atoms with Crippen LogP contribution in [0.5, 0.6) is 5.75 Å². The predicted molar refractivity (Wildman–Crippen MR) is 126 cm³/mol. The van der Waals surface area contributed by atoms with Crippen LogP contribution in [-0.2, 0) is 0 Å². The Labute approximate surface area is 183 Å². The zero-order valence-electron chi connectivity index (χ0n) is 18.5.